The van der Waals surface area contributed by atoms with Crippen molar-refractivity contribution in [2.24, 2.45) is 0 Å². The van der Waals surface area contributed by atoms with Crippen molar-refractivity contribution in [3.05, 3.63) is 71.7 Å². The summed E-state index contributed by atoms with van der Waals surface area (Å²) in [5.74, 6) is -0.548. The number of amides is 2. The molecule has 1 atom stereocenters. The van der Waals surface area contributed by atoms with Crippen LogP contribution in [0.25, 0.3) is 0 Å². The monoisotopic (exact) mass is 444 g/mol. The van der Waals surface area contributed by atoms with Crippen LogP contribution in [0.3, 0.4) is 0 Å². The molecule has 0 bridgehead atoms. The van der Waals surface area contributed by atoms with Crippen molar-refractivity contribution in [2.75, 3.05) is 10.0 Å². The van der Waals surface area contributed by atoms with E-state index in [0.717, 1.165) is 5.56 Å². The number of carbonyl (C=O) groups excluding carboxylic acids is 2. The topological polar surface area (TPSA) is 117 Å². The number of sulfonamides is 1. The normalized spacial score (nSPS) is 12.0. The highest BCUT2D eigenvalue weighted by Crippen LogP contribution is 2.21. The zero-order valence-corrected chi connectivity index (χ0v) is 17.7. The number of hydrogen-bond donors (Lipinski definition) is 3. The zero-order valence-electron chi connectivity index (χ0n) is 16.0. The molecule has 3 aromatic rings. The molecule has 3 N–H and O–H groups in total. The van der Waals surface area contributed by atoms with Crippen LogP contribution in [0.4, 0.5) is 10.8 Å². The third kappa shape index (κ3) is 5.88. The van der Waals surface area contributed by atoms with E-state index >= 15 is 0 Å². The molecule has 0 aliphatic heterocycles. The van der Waals surface area contributed by atoms with Gasteiger partial charge in [-0.15, -0.1) is 11.3 Å². The third-order valence-electron chi connectivity index (χ3n) is 4.07. The van der Waals surface area contributed by atoms with Gasteiger partial charge in [-0.2, -0.15) is 0 Å². The largest absolute Gasteiger partial charge is 0.349 e. The van der Waals surface area contributed by atoms with Gasteiger partial charge in [-0.25, -0.2) is 13.4 Å². The first kappa shape index (κ1) is 21.5. The molecule has 1 heterocycles. The van der Waals surface area contributed by atoms with E-state index in [0.29, 0.717) is 5.69 Å². The molecule has 0 saturated carbocycles. The number of nitrogens with zero attached hydrogens (tertiary/aromatic N) is 1. The number of nitrogens with one attached hydrogen (secondary N) is 3. The fraction of sp³-hybridized carbons (Fsp3) is 0.150. The summed E-state index contributed by atoms with van der Waals surface area (Å²) >= 11 is 1.18. The van der Waals surface area contributed by atoms with Gasteiger partial charge in [-0.1, -0.05) is 30.3 Å². The van der Waals surface area contributed by atoms with E-state index in [9.17, 15) is 18.0 Å². The summed E-state index contributed by atoms with van der Waals surface area (Å²) in [6.45, 7) is 1.40. The molecule has 0 unspecified atom stereocenters. The molecule has 8 nitrogen and oxygen atoms in total. The second kappa shape index (κ2) is 9.51. The fourth-order valence-electron chi connectivity index (χ4n) is 2.75. The summed E-state index contributed by atoms with van der Waals surface area (Å²) in [6.07, 6.45) is 1.54. The van der Waals surface area contributed by atoms with Gasteiger partial charge in [0.2, 0.25) is 11.8 Å². The Morgan fingerprint density at radius 1 is 1.07 bits per heavy atom. The Bertz CT molecular complexity index is 1100. The van der Waals surface area contributed by atoms with Crippen LogP contribution in [-0.2, 0) is 19.6 Å². The van der Waals surface area contributed by atoms with Gasteiger partial charge in [-0.05, 0) is 29.8 Å². The highest BCUT2D eigenvalue weighted by atomic mass is 32.2. The quantitative estimate of drug-likeness (QED) is 0.493. The minimum absolute atomic E-state index is 0.0370. The minimum atomic E-state index is -3.76. The maximum Gasteiger partial charge on any atom is 0.263 e. The molecule has 0 radical (unpaired) electrons. The van der Waals surface area contributed by atoms with E-state index in [1.165, 1.54) is 48.7 Å². The number of carbonyl (C=O) groups is 2. The number of anilines is 2. The van der Waals surface area contributed by atoms with Crippen LogP contribution in [-0.4, -0.2) is 25.2 Å². The van der Waals surface area contributed by atoms with Gasteiger partial charge < -0.3 is 10.6 Å². The first-order chi connectivity index (χ1) is 14.3. The standard InChI is InChI=1S/C20H20N4O4S2/c1-14(25)22-18(15-5-3-2-4-6-15)13-19(26)23-16-7-9-17(10-8-16)30(27,28)24-20-21-11-12-29-20/h2-12,18H,13H2,1H3,(H,21,24)(H,22,25)(H,23,26)/t18-/m1/s1. The van der Waals surface area contributed by atoms with Crippen LogP contribution in [0, 0.1) is 0 Å². The van der Waals surface area contributed by atoms with Gasteiger partial charge in [0, 0.05) is 24.2 Å². The molecule has 0 saturated heterocycles. The van der Waals surface area contributed by atoms with Crippen LogP contribution >= 0.6 is 11.3 Å². The van der Waals surface area contributed by atoms with Crippen molar-refractivity contribution in [3.63, 3.8) is 0 Å². The zero-order chi connectivity index (χ0) is 21.6. The Morgan fingerprint density at radius 2 is 1.77 bits per heavy atom. The van der Waals surface area contributed by atoms with Gasteiger partial charge in [0.15, 0.2) is 5.13 Å². The van der Waals surface area contributed by atoms with Crippen molar-refractivity contribution in [2.45, 2.75) is 24.3 Å². The molecule has 0 spiro atoms. The number of rotatable bonds is 8. The molecule has 1 aromatic heterocycles. The van der Waals surface area contributed by atoms with Crippen LogP contribution in [0.2, 0.25) is 0 Å². The summed E-state index contributed by atoms with van der Waals surface area (Å²) in [5, 5.41) is 7.44. The van der Waals surface area contributed by atoms with Crippen molar-refractivity contribution in [1.29, 1.82) is 0 Å². The lowest BCUT2D eigenvalue weighted by atomic mass is 10.0. The summed E-state index contributed by atoms with van der Waals surface area (Å²) in [6, 6.07) is 14.5. The predicted molar refractivity (Wildman–Crippen MR) is 116 cm³/mol. The second-order valence-corrected chi connectivity index (χ2v) is 8.96. The maximum atomic E-state index is 12.5. The molecule has 3 rings (SSSR count). The highest BCUT2D eigenvalue weighted by Gasteiger charge is 2.18. The lowest BCUT2D eigenvalue weighted by molar-refractivity contribution is -0.120. The van der Waals surface area contributed by atoms with Gasteiger partial charge in [-0.3, -0.25) is 14.3 Å². The fourth-order valence-corrected chi connectivity index (χ4v) is 4.53. The van der Waals surface area contributed by atoms with E-state index in [2.05, 4.69) is 20.3 Å². The van der Waals surface area contributed by atoms with Crippen molar-refractivity contribution >= 4 is 44.0 Å². The van der Waals surface area contributed by atoms with Gasteiger partial charge >= 0.3 is 0 Å². The summed E-state index contributed by atoms with van der Waals surface area (Å²) in [7, 11) is -3.76. The number of aromatic nitrogens is 1. The Kier molecular flexibility index (Phi) is 6.80. The van der Waals surface area contributed by atoms with Crippen LogP contribution < -0.4 is 15.4 Å². The number of benzene rings is 2. The van der Waals surface area contributed by atoms with Gasteiger partial charge in [0.25, 0.3) is 10.0 Å². The Balaban J connectivity index is 1.65. The Morgan fingerprint density at radius 3 is 2.37 bits per heavy atom. The van der Waals surface area contributed by atoms with Crippen molar-refractivity contribution in [3.8, 4) is 0 Å². The molecule has 0 aliphatic carbocycles. The number of thiazole rings is 1. The average Bonchev–Trinajstić information content (AvgIpc) is 3.20. The molecule has 0 aliphatic rings. The predicted octanol–water partition coefficient (Wildman–Crippen LogP) is 3.15. The molecular formula is C20H20N4O4S2. The molecule has 30 heavy (non-hydrogen) atoms. The third-order valence-corrected chi connectivity index (χ3v) is 6.24. The lowest BCUT2D eigenvalue weighted by Gasteiger charge is -2.18. The van der Waals surface area contributed by atoms with Gasteiger partial charge in [0.1, 0.15) is 0 Å². The summed E-state index contributed by atoms with van der Waals surface area (Å²) < 4.78 is 27.1. The second-order valence-electron chi connectivity index (χ2n) is 6.38. The Hall–Kier alpha value is -3.24. The van der Waals surface area contributed by atoms with Crippen molar-refractivity contribution in [1.82, 2.24) is 10.3 Å². The Labute approximate surface area is 178 Å². The summed E-state index contributed by atoms with van der Waals surface area (Å²) in [5.41, 5.74) is 1.26. The molecule has 2 amide bonds. The van der Waals surface area contributed by atoms with E-state index < -0.39 is 16.1 Å². The maximum absolute atomic E-state index is 12.5. The van der Waals surface area contributed by atoms with E-state index in [4.69, 9.17) is 0 Å². The molecule has 2 aromatic carbocycles. The smallest absolute Gasteiger partial charge is 0.263 e. The average molecular weight is 445 g/mol. The van der Waals surface area contributed by atoms with Crippen LogP contribution in [0.15, 0.2) is 71.1 Å². The van der Waals surface area contributed by atoms with E-state index in [1.54, 1.807) is 5.38 Å². The molecular weight excluding hydrogens is 424 g/mol. The lowest BCUT2D eigenvalue weighted by Crippen LogP contribution is -2.29. The van der Waals surface area contributed by atoms with Crippen molar-refractivity contribution < 1.29 is 18.0 Å². The molecule has 156 valence electrons. The van der Waals surface area contributed by atoms with Crippen LogP contribution in [0.1, 0.15) is 24.9 Å². The van der Waals surface area contributed by atoms with E-state index in [-0.39, 0.29) is 28.3 Å². The van der Waals surface area contributed by atoms with Crippen LogP contribution in [0.5, 0.6) is 0 Å². The minimum Gasteiger partial charge on any atom is -0.349 e. The summed E-state index contributed by atoms with van der Waals surface area (Å²) in [4.78, 5) is 27.9. The molecule has 10 heteroatoms. The highest BCUT2D eigenvalue weighted by molar-refractivity contribution is 7.93. The molecule has 0 fully saturated rings. The first-order valence-electron chi connectivity index (χ1n) is 8.98. The first-order valence-corrected chi connectivity index (χ1v) is 11.3. The number of hydrogen-bond acceptors (Lipinski definition) is 6. The van der Waals surface area contributed by atoms with Gasteiger partial charge in [0.05, 0.1) is 17.4 Å². The SMILES string of the molecule is CC(=O)N[C@H](CC(=O)Nc1ccc(S(=O)(=O)Nc2nccs2)cc1)c1ccccc1. The van der Waals surface area contributed by atoms with E-state index in [1.807, 2.05) is 30.3 Å².